The van der Waals surface area contributed by atoms with Crippen LogP contribution in [0.1, 0.15) is 16.9 Å². The van der Waals surface area contributed by atoms with E-state index in [0.29, 0.717) is 18.7 Å². The van der Waals surface area contributed by atoms with Gasteiger partial charge in [-0.15, -0.1) is 11.3 Å². The Kier molecular flexibility index (Phi) is 5.20. The number of fused-ring (bicyclic) bond motifs is 1. The van der Waals surface area contributed by atoms with Crippen LogP contribution in [0.25, 0.3) is 10.1 Å². The van der Waals surface area contributed by atoms with Crippen LogP contribution in [0, 0.1) is 6.92 Å². The van der Waals surface area contributed by atoms with E-state index in [4.69, 9.17) is 0 Å². The van der Waals surface area contributed by atoms with Crippen LogP contribution >= 0.6 is 11.3 Å². The summed E-state index contributed by atoms with van der Waals surface area (Å²) in [4.78, 5) is 15.0. The van der Waals surface area contributed by atoms with Gasteiger partial charge < -0.3 is 15.3 Å². The normalized spacial score (nSPS) is 11.2. The van der Waals surface area contributed by atoms with Crippen LogP contribution in [0.2, 0.25) is 0 Å². The molecule has 2 N–H and O–H groups in total. The van der Waals surface area contributed by atoms with Crippen LogP contribution in [-0.4, -0.2) is 43.1 Å². The zero-order chi connectivity index (χ0) is 15.4. The van der Waals surface area contributed by atoms with Gasteiger partial charge in [-0.3, -0.25) is 4.79 Å². The molecule has 0 fully saturated rings. The van der Waals surface area contributed by atoms with Crippen molar-refractivity contribution in [2.24, 2.45) is 0 Å². The van der Waals surface area contributed by atoms with E-state index < -0.39 is 0 Å². The number of aryl methyl sites for hydroxylation is 2. The quantitative estimate of drug-likeness (QED) is 0.862. The largest absolute Gasteiger partial charge is 0.508 e. The molecule has 0 aliphatic heterocycles. The molecular formula is C16H22N2O2S. The van der Waals surface area contributed by atoms with E-state index in [1.165, 1.54) is 4.88 Å². The maximum atomic E-state index is 11.8. The number of likely N-dealkylation sites (N-methyl/N-ethyl adjacent to an activating group) is 1. The average molecular weight is 306 g/mol. The number of amides is 1. The molecule has 0 atom stereocenters. The first-order valence-electron chi connectivity index (χ1n) is 7.10. The summed E-state index contributed by atoms with van der Waals surface area (Å²) in [6.45, 7) is 3.46. The van der Waals surface area contributed by atoms with Crippen LogP contribution in [0.5, 0.6) is 5.75 Å². The van der Waals surface area contributed by atoms with Crippen molar-refractivity contribution in [3.05, 3.63) is 28.6 Å². The molecule has 1 aromatic carbocycles. The Hall–Kier alpha value is -1.59. The van der Waals surface area contributed by atoms with E-state index in [2.05, 4.69) is 11.4 Å². The summed E-state index contributed by atoms with van der Waals surface area (Å²) in [6, 6.07) is 5.75. The molecule has 0 aliphatic rings. The number of aromatic hydroxyl groups is 1. The first kappa shape index (κ1) is 15.8. The number of hydrogen-bond acceptors (Lipinski definition) is 4. The lowest BCUT2D eigenvalue weighted by molar-refractivity contribution is -0.121. The second-order valence-corrected chi connectivity index (χ2v) is 6.66. The summed E-state index contributed by atoms with van der Waals surface area (Å²) in [5.41, 5.74) is 0.908. The van der Waals surface area contributed by atoms with Gasteiger partial charge in [0.25, 0.3) is 0 Å². The molecule has 4 nitrogen and oxygen atoms in total. The summed E-state index contributed by atoms with van der Waals surface area (Å²) in [5, 5.41) is 13.7. The molecule has 0 saturated carbocycles. The van der Waals surface area contributed by atoms with Crippen molar-refractivity contribution >= 4 is 27.3 Å². The number of phenols is 1. The monoisotopic (exact) mass is 306 g/mol. The highest BCUT2D eigenvalue weighted by Gasteiger charge is 2.09. The summed E-state index contributed by atoms with van der Waals surface area (Å²) in [7, 11) is 3.97. The number of carbonyl (C=O) groups excluding carboxylic acids is 1. The summed E-state index contributed by atoms with van der Waals surface area (Å²) in [5.74, 6) is 0.419. The van der Waals surface area contributed by atoms with E-state index >= 15 is 0 Å². The van der Waals surface area contributed by atoms with Gasteiger partial charge in [-0.1, -0.05) is 0 Å². The van der Waals surface area contributed by atoms with E-state index in [9.17, 15) is 9.90 Å². The zero-order valence-corrected chi connectivity index (χ0v) is 13.6. The van der Waals surface area contributed by atoms with Crippen LogP contribution < -0.4 is 5.32 Å². The predicted molar refractivity (Wildman–Crippen MR) is 88.1 cm³/mol. The molecule has 1 aromatic heterocycles. The molecule has 0 aliphatic carbocycles. The molecule has 21 heavy (non-hydrogen) atoms. The van der Waals surface area contributed by atoms with Crippen LogP contribution in [0.4, 0.5) is 0 Å². The van der Waals surface area contributed by atoms with Crippen LogP contribution in [0.3, 0.4) is 0 Å². The van der Waals surface area contributed by atoms with Gasteiger partial charge in [-0.25, -0.2) is 0 Å². The molecule has 0 unspecified atom stereocenters. The van der Waals surface area contributed by atoms with Crippen LogP contribution in [0.15, 0.2) is 18.2 Å². The van der Waals surface area contributed by atoms with Gasteiger partial charge in [0.05, 0.1) is 0 Å². The second-order valence-electron chi connectivity index (χ2n) is 5.49. The summed E-state index contributed by atoms with van der Waals surface area (Å²) >= 11 is 1.69. The molecule has 2 rings (SSSR count). The minimum atomic E-state index is 0.0916. The highest BCUT2D eigenvalue weighted by atomic mass is 32.1. The Balaban J connectivity index is 1.92. The van der Waals surface area contributed by atoms with Gasteiger partial charge in [0.1, 0.15) is 5.75 Å². The topological polar surface area (TPSA) is 52.6 Å². The van der Waals surface area contributed by atoms with Gasteiger partial charge in [-0.05, 0) is 56.6 Å². The van der Waals surface area contributed by atoms with Crippen LogP contribution in [-0.2, 0) is 11.2 Å². The third-order valence-corrected chi connectivity index (χ3v) is 4.63. The number of nitrogens with zero attached hydrogens (tertiary/aromatic N) is 1. The SMILES string of the molecule is Cc1c(O)ccc2sc(CCC(=O)NCCN(C)C)cc12. The minimum absolute atomic E-state index is 0.0916. The smallest absolute Gasteiger partial charge is 0.220 e. The Bertz CT molecular complexity index is 634. The Morgan fingerprint density at radius 3 is 2.86 bits per heavy atom. The third-order valence-electron chi connectivity index (χ3n) is 3.47. The number of rotatable bonds is 6. The van der Waals surface area contributed by atoms with Crippen molar-refractivity contribution in [1.82, 2.24) is 10.2 Å². The highest BCUT2D eigenvalue weighted by molar-refractivity contribution is 7.19. The molecule has 0 bridgehead atoms. The average Bonchev–Trinajstić information content (AvgIpc) is 2.84. The number of thiophene rings is 1. The maximum Gasteiger partial charge on any atom is 0.220 e. The lowest BCUT2D eigenvalue weighted by Crippen LogP contribution is -2.31. The lowest BCUT2D eigenvalue weighted by atomic mass is 10.1. The van der Waals surface area contributed by atoms with Gasteiger partial charge in [0.2, 0.25) is 5.91 Å². The lowest BCUT2D eigenvalue weighted by Gasteiger charge is -2.09. The van der Waals surface area contributed by atoms with Gasteiger partial charge >= 0.3 is 0 Å². The molecule has 0 saturated heterocycles. The van der Waals surface area contributed by atoms with Crippen molar-refractivity contribution < 1.29 is 9.90 Å². The number of nitrogens with one attached hydrogen (secondary N) is 1. The van der Waals surface area contributed by atoms with Crippen molar-refractivity contribution in [2.45, 2.75) is 19.8 Å². The highest BCUT2D eigenvalue weighted by Crippen LogP contribution is 2.33. The number of phenolic OH excluding ortho intramolecular Hbond substituents is 1. The van der Waals surface area contributed by atoms with Crippen molar-refractivity contribution in [2.75, 3.05) is 27.2 Å². The molecule has 2 aromatic rings. The van der Waals surface area contributed by atoms with Crippen molar-refractivity contribution in [1.29, 1.82) is 0 Å². The molecule has 114 valence electrons. The molecule has 5 heteroatoms. The third kappa shape index (κ3) is 4.19. The number of benzene rings is 1. The minimum Gasteiger partial charge on any atom is -0.508 e. The first-order chi connectivity index (χ1) is 9.97. The molecule has 1 heterocycles. The van der Waals surface area contributed by atoms with Gasteiger partial charge in [0, 0.05) is 29.1 Å². The Morgan fingerprint density at radius 2 is 2.14 bits per heavy atom. The van der Waals surface area contributed by atoms with Crippen molar-refractivity contribution in [3.63, 3.8) is 0 Å². The van der Waals surface area contributed by atoms with E-state index in [1.54, 1.807) is 17.4 Å². The first-order valence-corrected chi connectivity index (χ1v) is 7.91. The van der Waals surface area contributed by atoms with Gasteiger partial charge in [0.15, 0.2) is 0 Å². The summed E-state index contributed by atoms with van der Waals surface area (Å²) in [6.07, 6.45) is 1.25. The molecular weight excluding hydrogens is 284 g/mol. The molecule has 1 amide bonds. The second kappa shape index (κ2) is 6.91. The van der Waals surface area contributed by atoms with E-state index in [-0.39, 0.29) is 5.91 Å². The van der Waals surface area contributed by atoms with Gasteiger partial charge in [-0.2, -0.15) is 0 Å². The predicted octanol–water partition coefficient (Wildman–Crippen LogP) is 2.53. The fraction of sp³-hybridized carbons (Fsp3) is 0.438. The summed E-state index contributed by atoms with van der Waals surface area (Å²) < 4.78 is 1.16. The zero-order valence-electron chi connectivity index (χ0n) is 12.8. The standard InChI is InChI=1S/C16H22N2O2S/c1-11-13-10-12(21-15(13)6-5-14(11)19)4-7-16(20)17-8-9-18(2)3/h5-6,10,19H,4,7-9H2,1-3H3,(H,17,20). The Labute approximate surface area is 129 Å². The fourth-order valence-electron chi connectivity index (χ4n) is 2.16. The fourth-order valence-corrected chi connectivity index (χ4v) is 3.28. The number of hydrogen-bond donors (Lipinski definition) is 2. The maximum absolute atomic E-state index is 11.8. The van der Waals surface area contributed by atoms with E-state index in [0.717, 1.165) is 28.6 Å². The Morgan fingerprint density at radius 1 is 1.38 bits per heavy atom. The number of carbonyl (C=O) groups is 1. The van der Waals surface area contributed by atoms with Crippen molar-refractivity contribution in [3.8, 4) is 5.75 Å². The molecule has 0 spiro atoms. The molecule has 0 radical (unpaired) electrons. The van der Waals surface area contributed by atoms with E-state index in [1.807, 2.05) is 32.0 Å².